The summed E-state index contributed by atoms with van der Waals surface area (Å²) in [5.41, 5.74) is 11.6. The molecule has 24 heavy (non-hydrogen) atoms. The maximum absolute atomic E-state index is 10.8. The second-order valence-electron chi connectivity index (χ2n) is 6.93. The highest BCUT2D eigenvalue weighted by Crippen LogP contribution is 2.12. The minimum Gasteiger partial charge on any atom is -0.480 e. The molecule has 0 aromatic heterocycles. The number of carboxylic acid groups (broad SMARTS) is 1. The van der Waals surface area contributed by atoms with Crippen molar-refractivity contribution in [3.63, 3.8) is 0 Å². The van der Waals surface area contributed by atoms with Crippen molar-refractivity contribution in [2.24, 2.45) is 11.5 Å². The number of carbonyl (C=O) groups is 1. The topological polar surface area (TPSA) is 92.6 Å². The summed E-state index contributed by atoms with van der Waals surface area (Å²) in [6.07, 6.45) is 15.5. The van der Waals surface area contributed by atoms with Gasteiger partial charge in [-0.05, 0) is 13.3 Å². The molecular weight excluding hydrogens is 326 g/mol. The largest absolute Gasteiger partial charge is 0.480 e. The van der Waals surface area contributed by atoms with E-state index in [1.807, 2.05) is 0 Å². The monoisotopic (exact) mass is 365 g/mol. The van der Waals surface area contributed by atoms with E-state index < -0.39 is 11.8 Å². The molecule has 0 radical (unpaired) electrons. The van der Waals surface area contributed by atoms with Crippen LogP contribution in [0.5, 0.6) is 0 Å². The number of hydrogen-bond donors (Lipinski definition) is 3. The molecule has 0 atom stereocenters. The Labute approximate surface area is 154 Å². The van der Waals surface area contributed by atoms with Gasteiger partial charge in [-0.3, -0.25) is 9.69 Å². The molecule has 0 fully saturated rings. The minimum absolute atomic E-state index is 0. The van der Waals surface area contributed by atoms with Crippen molar-refractivity contribution in [3.05, 3.63) is 0 Å². The van der Waals surface area contributed by atoms with E-state index in [9.17, 15) is 4.79 Å². The highest BCUT2D eigenvalue weighted by atomic mass is 35.5. The number of nitrogens with two attached hydrogens (primary N) is 2. The molecule has 0 saturated heterocycles. The third-order valence-electron chi connectivity index (χ3n) is 4.29. The molecule has 0 unspecified atom stereocenters. The van der Waals surface area contributed by atoms with Crippen LogP contribution in [0.1, 0.15) is 90.9 Å². The third-order valence-corrected chi connectivity index (χ3v) is 4.29. The van der Waals surface area contributed by atoms with E-state index in [1.54, 1.807) is 11.8 Å². The van der Waals surface area contributed by atoms with E-state index in [4.69, 9.17) is 16.6 Å². The van der Waals surface area contributed by atoms with Gasteiger partial charge in [0.15, 0.2) is 0 Å². The molecule has 0 amide bonds. The molecule has 146 valence electrons. The highest BCUT2D eigenvalue weighted by molar-refractivity contribution is 5.85. The summed E-state index contributed by atoms with van der Waals surface area (Å²) in [6, 6.07) is 0. The van der Waals surface area contributed by atoms with Crippen LogP contribution in [0.15, 0.2) is 0 Å². The van der Waals surface area contributed by atoms with Gasteiger partial charge in [-0.15, -0.1) is 12.4 Å². The van der Waals surface area contributed by atoms with E-state index in [-0.39, 0.29) is 19.0 Å². The lowest BCUT2D eigenvalue weighted by molar-refractivity contribution is -0.140. The van der Waals surface area contributed by atoms with E-state index in [0.29, 0.717) is 6.54 Å². The second kappa shape index (κ2) is 16.1. The summed E-state index contributed by atoms with van der Waals surface area (Å²) in [4.78, 5) is 12.5. The highest BCUT2D eigenvalue weighted by Gasteiger charge is 2.23. The van der Waals surface area contributed by atoms with Crippen LogP contribution in [0, 0.1) is 0 Å². The van der Waals surface area contributed by atoms with Gasteiger partial charge in [0.05, 0.1) is 6.54 Å². The lowest BCUT2D eigenvalue weighted by atomic mass is 10.1. The van der Waals surface area contributed by atoms with E-state index >= 15 is 0 Å². The number of carboxylic acids is 1. The van der Waals surface area contributed by atoms with Crippen LogP contribution in [0.3, 0.4) is 0 Å². The fourth-order valence-corrected chi connectivity index (χ4v) is 2.80. The van der Waals surface area contributed by atoms with E-state index in [2.05, 4.69) is 6.92 Å². The normalized spacial score (nSPS) is 11.5. The lowest BCUT2D eigenvalue weighted by Gasteiger charge is -2.33. The number of unbranched alkanes of at least 4 members (excludes halogenated alkanes) is 11. The average molecular weight is 366 g/mol. The zero-order chi connectivity index (χ0) is 17.6. The zero-order valence-corrected chi connectivity index (χ0v) is 16.6. The van der Waals surface area contributed by atoms with Gasteiger partial charge < -0.3 is 16.6 Å². The maximum atomic E-state index is 10.8. The smallest absolute Gasteiger partial charge is 0.317 e. The summed E-state index contributed by atoms with van der Waals surface area (Å²) in [5, 5.41) is 8.89. The predicted molar refractivity (Wildman–Crippen MR) is 104 cm³/mol. The summed E-state index contributed by atoms with van der Waals surface area (Å²) in [7, 11) is 0. The predicted octanol–water partition coefficient (Wildman–Crippen LogP) is 4.09. The first-order valence-corrected chi connectivity index (χ1v) is 9.42. The number of halogens is 1. The molecule has 0 aliphatic carbocycles. The van der Waals surface area contributed by atoms with Crippen molar-refractivity contribution >= 4 is 18.4 Å². The Morgan fingerprint density at radius 1 is 0.875 bits per heavy atom. The van der Waals surface area contributed by atoms with Crippen LogP contribution in [0.4, 0.5) is 0 Å². The van der Waals surface area contributed by atoms with Crippen LogP contribution in [-0.4, -0.2) is 34.9 Å². The third kappa shape index (κ3) is 16.5. The Hall–Kier alpha value is -0.360. The molecule has 0 rings (SSSR count). The molecule has 0 spiro atoms. The SMILES string of the molecule is CCCCCCCCCCCCCCN(CC(=O)O)C(C)(N)N.Cl. The van der Waals surface area contributed by atoms with Gasteiger partial charge in [0.2, 0.25) is 0 Å². The quantitative estimate of drug-likeness (QED) is 0.283. The fourth-order valence-electron chi connectivity index (χ4n) is 2.80. The summed E-state index contributed by atoms with van der Waals surface area (Å²) >= 11 is 0. The van der Waals surface area contributed by atoms with Crippen molar-refractivity contribution in [1.29, 1.82) is 0 Å². The Morgan fingerprint density at radius 3 is 1.58 bits per heavy atom. The van der Waals surface area contributed by atoms with Gasteiger partial charge in [-0.1, -0.05) is 77.6 Å². The fraction of sp³-hybridized carbons (Fsp3) is 0.944. The van der Waals surface area contributed by atoms with Gasteiger partial charge in [-0.2, -0.15) is 0 Å². The van der Waals surface area contributed by atoms with Crippen molar-refractivity contribution in [3.8, 4) is 0 Å². The van der Waals surface area contributed by atoms with Crippen molar-refractivity contribution < 1.29 is 9.90 Å². The van der Waals surface area contributed by atoms with Gasteiger partial charge in [0.1, 0.15) is 5.79 Å². The first-order valence-electron chi connectivity index (χ1n) is 9.42. The molecule has 0 saturated carbocycles. The van der Waals surface area contributed by atoms with Crippen LogP contribution in [0.2, 0.25) is 0 Å². The Balaban J connectivity index is 0. The van der Waals surface area contributed by atoms with Crippen molar-refractivity contribution in [2.75, 3.05) is 13.1 Å². The number of hydrogen-bond acceptors (Lipinski definition) is 4. The maximum Gasteiger partial charge on any atom is 0.317 e. The van der Waals surface area contributed by atoms with Gasteiger partial charge >= 0.3 is 5.97 Å². The zero-order valence-electron chi connectivity index (χ0n) is 15.8. The number of aliphatic carboxylic acids is 1. The van der Waals surface area contributed by atoms with Crippen molar-refractivity contribution in [1.82, 2.24) is 4.90 Å². The standard InChI is InChI=1S/C18H39N3O2.ClH/c1-3-4-5-6-7-8-9-10-11-12-13-14-15-21(16-17(22)23)18(2,19)20;/h3-16,19-20H2,1-2H3,(H,22,23);1H. The Morgan fingerprint density at radius 2 is 1.25 bits per heavy atom. The van der Waals surface area contributed by atoms with Gasteiger partial charge in [0.25, 0.3) is 0 Å². The Kier molecular flexibility index (Phi) is 17.4. The summed E-state index contributed by atoms with van der Waals surface area (Å²) in [6.45, 7) is 4.45. The molecule has 0 aliphatic rings. The number of nitrogens with zero attached hydrogens (tertiary/aromatic N) is 1. The molecule has 5 nitrogen and oxygen atoms in total. The van der Waals surface area contributed by atoms with E-state index in [0.717, 1.165) is 12.8 Å². The van der Waals surface area contributed by atoms with E-state index in [1.165, 1.54) is 64.2 Å². The molecule has 0 bridgehead atoms. The summed E-state index contributed by atoms with van der Waals surface area (Å²) < 4.78 is 0. The molecule has 0 aliphatic heterocycles. The molecule has 0 heterocycles. The van der Waals surface area contributed by atoms with Crippen LogP contribution < -0.4 is 11.5 Å². The minimum atomic E-state index is -1.06. The number of rotatable bonds is 16. The molecule has 0 aromatic carbocycles. The Bertz CT molecular complexity index is 296. The first-order chi connectivity index (χ1) is 10.9. The first kappa shape index (κ1) is 25.9. The van der Waals surface area contributed by atoms with Crippen LogP contribution >= 0.6 is 12.4 Å². The van der Waals surface area contributed by atoms with Crippen LogP contribution in [-0.2, 0) is 4.79 Å². The van der Waals surface area contributed by atoms with Gasteiger partial charge in [-0.25, -0.2) is 0 Å². The van der Waals surface area contributed by atoms with Gasteiger partial charge in [0, 0.05) is 6.54 Å². The molecule has 0 aromatic rings. The summed E-state index contributed by atoms with van der Waals surface area (Å²) in [5.74, 6) is -1.94. The van der Waals surface area contributed by atoms with Crippen molar-refractivity contribution in [2.45, 2.75) is 96.7 Å². The molecule has 5 N–H and O–H groups in total. The lowest BCUT2D eigenvalue weighted by Crippen LogP contribution is -2.62. The molecular formula is C18H40ClN3O2. The second-order valence-corrected chi connectivity index (χ2v) is 6.93. The average Bonchev–Trinajstić information content (AvgIpc) is 2.45. The molecule has 6 heteroatoms. The van der Waals surface area contributed by atoms with Crippen LogP contribution in [0.25, 0.3) is 0 Å².